The Morgan fingerprint density at radius 1 is 1.04 bits per heavy atom. The molecule has 13 nitrogen and oxygen atoms in total. The van der Waals surface area contributed by atoms with E-state index in [-0.39, 0.29) is 48.4 Å². The van der Waals surface area contributed by atoms with Crippen molar-refractivity contribution in [2.24, 2.45) is 5.92 Å². The molecule has 2 amide bonds. The predicted octanol–water partition coefficient (Wildman–Crippen LogP) is 5.36. The molecule has 2 fully saturated rings. The first-order valence-corrected chi connectivity index (χ1v) is 22.5. The Bertz CT molecular complexity index is 2040. The number of amides is 2. The van der Waals surface area contributed by atoms with Gasteiger partial charge < -0.3 is 29.0 Å². The maximum Gasteiger partial charge on any atom is 0.414 e. The van der Waals surface area contributed by atoms with E-state index in [0.717, 1.165) is 22.6 Å². The number of hydrogen-bond donors (Lipinski definition) is 1. The highest BCUT2D eigenvalue weighted by molar-refractivity contribution is 6.91. The van der Waals surface area contributed by atoms with Gasteiger partial charge in [0.15, 0.2) is 5.60 Å². The summed E-state index contributed by atoms with van der Waals surface area (Å²) in [5, 5.41) is 20.5. The molecule has 1 spiro atoms. The third-order valence-corrected chi connectivity index (χ3v) is 16.4. The number of hydrogen-bond acceptors (Lipinski definition) is 10. The molecule has 296 valence electrons. The highest BCUT2D eigenvalue weighted by atomic mass is 28.3. The molecule has 1 N–H and O–H groups in total. The van der Waals surface area contributed by atoms with Crippen molar-refractivity contribution in [1.29, 1.82) is 0 Å². The number of anilines is 2. The Morgan fingerprint density at radius 3 is 2.48 bits per heavy atom. The number of fused-ring (bicyclic) bond motifs is 2. The first-order valence-electron chi connectivity index (χ1n) is 19.4. The van der Waals surface area contributed by atoms with Crippen LogP contribution in [-0.2, 0) is 35.9 Å². The second-order valence-electron chi connectivity index (χ2n) is 15.5. The van der Waals surface area contributed by atoms with Gasteiger partial charge in [0.05, 0.1) is 58.8 Å². The standard InChI is InChI=1S/C42H51N5O8Si/c1-28-39(56(4,5)32-17-15-31(52-2)16-18-32)37(20-22-45-26-35(43-44-45)33(27-48)29-11-7-6-8-12-29)55-42(28)34-25-30(46-23-24-54-41(46)51)14-19-36(34)47(40(42)50)21-10-9-13-38(49)53-3/h6-8,11-12,14-19,25-26,28,33,37,39,48H,9-10,13,20-24,27H2,1-5H3/t28-,33?,37+,39-,42+/m0/s1. The lowest BCUT2D eigenvalue weighted by molar-refractivity contribution is -0.146. The number of nitrogens with zero attached hydrogens (tertiary/aromatic N) is 5. The zero-order valence-corrected chi connectivity index (χ0v) is 33.7. The number of esters is 1. The minimum absolute atomic E-state index is 0.0233. The van der Waals surface area contributed by atoms with Crippen LogP contribution in [0.1, 0.15) is 55.3 Å². The van der Waals surface area contributed by atoms with Crippen LogP contribution in [0.2, 0.25) is 18.6 Å². The number of rotatable bonds is 15. The topological polar surface area (TPSA) is 146 Å². The number of aliphatic hydroxyl groups is 1. The molecule has 4 heterocycles. The quantitative estimate of drug-likeness (QED) is 0.0951. The summed E-state index contributed by atoms with van der Waals surface area (Å²) in [5.41, 5.74) is 2.42. The molecular weight excluding hydrogens is 731 g/mol. The van der Waals surface area contributed by atoms with Crippen molar-refractivity contribution in [3.63, 3.8) is 0 Å². The number of aryl methyl sites for hydroxylation is 1. The van der Waals surface area contributed by atoms with Crippen LogP contribution >= 0.6 is 0 Å². The van der Waals surface area contributed by atoms with Gasteiger partial charge >= 0.3 is 12.1 Å². The van der Waals surface area contributed by atoms with Crippen LogP contribution in [0.4, 0.5) is 16.2 Å². The van der Waals surface area contributed by atoms with Gasteiger partial charge in [0.25, 0.3) is 5.91 Å². The third kappa shape index (κ3) is 7.09. The Morgan fingerprint density at radius 2 is 1.80 bits per heavy atom. The molecule has 5 atom stereocenters. The Kier molecular flexibility index (Phi) is 11.3. The van der Waals surface area contributed by atoms with Gasteiger partial charge in [-0.2, -0.15) is 0 Å². The van der Waals surface area contributed by atoms with Crippen molar-refractivity contribution in [2.45, 2.75) is 75.4 Å². The van der Waals surface area contributed by atoms with Gasteiger partial charge in [-0.3, -0.25) is 19.2 Å². The van der Waals surface area contributed by atoms with Crippen LogP contribution < -0.4 is 19.7 Å². The van der Waals surface area contributed by atoms with Crippen molar-refractivity contribution in [3.05, 3.63) is 95.8 Å². The summed E-state index contributed by atoms with van der Waals surface area (Å²) in [6.07, 6.45) is 3.10. The van der Waals surface area contributed by atoms with Gasteiger partial charge in [-0.15, -0.1) is 5.10 Å². The molecule has 1 unspecified atom stereocenters. The van der Waals surface area contributed by atoms with Crippen molar-refractivity contribution in [2.75, 3.05) is 50.3 Å². The highest BCUT2D eigenvalue weighted by Gasteiger charge is 2.66. The van der Waals surface area contributed by atoms with E-state index in [1.54, 1.807) is 21.6 Å². The number of aromatic nitrogens is 3. The molecule has 0 bridgehead atoms. The fraction of sp³-hybridized carbons (Fsp3) is 0.452. The number of aliphatic hydroxyl groups excluding tert-OH is 1. The molecule has 3 aliphatic rings. The van der Waals surface area contributed by atoms with Crippen molar-refractivity contribution >= 4 is 42.6 Å². The normalized spacial score (nSPS) is 22.4. The molecule has 2 saturated heterocycles. The molecule has 0 aliphatic carbocycles. The fourth-order valence-corrected chi connectivity index (χ4v) is 13.2. The number of carbonyl (C=O) groups excluding carboxylic acids is 3. The first kappa shape index (κ1) is 39.2. The Labute approximate surface area is 328 Å². The van der Waals surface area contributed by atoms with Gasteiger partial charge in [-0.05, 0) is 60.7 Å². The monoisotopic (exact) mass is 781 g/mol. The molecular formula is C42H51N5O8Si. The van der Waals surface area contributed by atoms with Gasteiger partial charge in [0, 0.05) is 42.9 Å². The van der Waals surface area contributed by atoms with Gasteiger partial charge in [0.2, 0.25) is 0 Å². The molecule has 14 heteroatoms. The number of cyclic esters (lactones) is 1. The average Bonchev–Trinajstić information content (AvgIpc) is 3.98. The predicted molar refractivity (Wildman–Crippen MR) is 213 cm³/mol. The molecule has 3 aliphatic heterocycles. The van der Waals surface area contributed by atoms with Crippen LogP contribution in [-0.4, -0.2) is 92.8 Å². The number of ether oxygens (including phenoxy) is 4. The van der Waals surface area contributed by atoms with Crippen LogP contribution in [0.3, 0.4) is 0 Å². The lowest BCUT2D eigenvalue weighted by Crippen LogP contribution is -2.52. The Hall–Kier alpha value is -5.05. The smallest absolute Gasteiger partial charge is 0.414 e. The highest BCUT2D eigenvalue weighted by Crippen LogP contribution is 2.60. The van der Waals surface area contributed by atoms with Crippen LogP contribution in [0.5, 0.6) is 5.75 Å². The van der Waals surface area contributed by atoms with Crippen molar-refractivity contribution in [3.8, 4) is 5.75 Å². The first-order chi connectivity index (χ1) is 27.0. The summed E-state index contributed by atoms with van der Waals surface area (Å²) in [7, 11) is 0.592. The Balaban J connectivity index is 1.26. The van der Waals surface area contributed by atoms with Crippen molar-refractivity contribution < 1.29 is 38.4 Å². The molecule has 0 radical (unpaired) electrons. The van der Waals surface area contributed by atoms with E-state index >= 15 is 4.79 Å². The van der Waals surface area contributed by atoms with Crippen LogP contribution in [0.15, 0.2) is 79.0 Å². The average molecular weight is 782 g/mol. The van der Waals surface area contributed by atoms with E-state index in [1.165, 1.54) is 12.3 Å². The number of methoxy groups -OCH3 is 2. The fourth-order valence-electron chi connectivity index (χ4n) is 9.13. The molecule has 0 saturated carbocycles. The van der Waals surface area contributed by atoms with Crippen molar-refractivity contribution in [1.82, 2.24) is 15.0 Å². The van der Waals surface area contributed by atoms with E-state index in [9.17, 15) is 14.7 Å². The third-order valence-electron chi connectivity index (χ3n) is 12.1. The van der Waals surface area contributed by atoms with E-state index in [0.29, 0.717) is 56.9 Å². The van der Waals surface area contributed by atoms with Gasteiger partial charge in [0.1, 0.15) is 12.4 Å². The number of carbonyl (C=O) groups is 3. The largest absolute Gasteiger partial charge is 0.497 e. The summed E-state index contributed by atoms with van der Waals surface area (Å²) >= 11 is 0. The van der Waals surface area contributed by atoms with E-state index < -0.39 is 19.8 Å². The molecule has 3 aromatic carbocycles. The van der Waals surface area contributed by atoms with Crippen LogP contribution in [0, 0.1) is 5.92 Å². The van der Waals surface area contributed by atoms with E-state index in [4.69, 9.17) is 18.9 Å². The minimum Gasteiger partial charge on any atom is -0.497 e. The van der Waals surface area contributed by atoms with Gasteiger partial charge in [-0.25, -0.2) is 4.79 Å². The second-order valence-corrected chi connectivity index (χ2v) is 20.1. The lowest BCUT2D eigenvalue weighted by Gasteiger charge is -2.37. The molecule has 4 aromatic rings. The summed E-state index contributed by atoms with van der Waals surface area (Å²) in [6.45, 7) is 8.30. The van der Waals surface area contributed by atoms with Crippen LogP contribution in [0.25, 0.3) is 0 Å². The lowest BCUT2D eigenvalue weighted by atomic mass is 9.82. The molecule has 7 rings (SSSR count). The summed E-state index contributed by atoms with van der Waals surface area (Å²) < 4.78 is 24.8. The summed E-state index contributed by atoms with van der Waals surface area (Å²) in [6, 6.07) is 23.7. The summed E-state index contributed by atoms with van der Waals surface area (Å²) in [5.74, 6) is -0.211. The molecule has 1 aromatic heterocycles. The number of benzene rings is 3. The zero-order valence-electron chi connectivity index (χ0n) is 32.7. The maximum atomic E-state index is 15.2. The maximum absolute atomic E-state index is 15.2. The SMILES string of the molecule is COC(=O)CCCCN1C(=O)[C@]2(O[C@H](CCn3cc(C(CO)c4ccccc4)nn3)[C@@H]([Si](C)(C)c3ccc(OC)cc3)[C@@H]2C)c2cc(N3CCOC3=O)ccc21. The second kappa shape index (κ2) is 16.2. The van der Waals surface area contributed by atoms with Gasteiger partial charge in [-0.1, -0.05) is 72.9 Å². The molecule has 56 heavy (non-hydrogen) atoms. The zero-order chi connectivity index (χ0) is 39.6. The van der Waals surface area contributed by atoms with E-state index in [1.807, 2.05) is 66.9 Å². The minimum atomic E-state index is -2.44. The van der Waals surface area contributed by atoms with E-state index in [2.05, 4.69) is 42.5 Å². The summed E-state index contributed by atoms with van der Waals surface area (Å²) in [4.78, 5) is 43.3. The number of unbranched alkanes of at least 4 members (excludes halogenated alkanes) is 1.